The Morgan fingerprint density at radius 2 is 1.81 bits per heavy atom. The van der Waals surface area contributed by atoms with Gasteiger partial charge in [0, 0.05) is 12.5 Å². The summed E-state index contributed by atoms with van der Waals surface area (Å²) in [6, 6.07) is 7.21. The monoisotopic (exact) mass is 291 g/mol. The summed E-state index contributed by atoms with van der Waals surface area (Å²) >= 11 is 0. The van der Waals surface area contributed by atoms with Crippen molar-refractivity contribution in [2.75, 3.05) is 6.54 Å². The molecule has 1 aliphatic heterocycles. The van der Waals surface area contributed by atoms with Crippen molar-refractivity contribution in [1.29, 1.82) is 0 Å². The SMILES string of the molecule is O=C(C1Cc2ccccc2C1)N1CCCCC2C1C2(F)F. The first kappa shape index (κ1) is 13.2. The van der Waals surface area contributed by atoms with E-state index in [2.05, 4.69) is 0 Å². The number of benzene rings is 1. The second kappa shape index (κ2) is 4.52. The van der Waals surface area contributed by atoms with Gasteiger partial charge in [0.2, 0.25) is 5.91 Å². The maximum Gasteiger partial charge on any atom is 0.273 e. The van der Waals surface area contributed by atoms with Crippen LogP contribution in [0.4, 0.5) is 8.78 Å². The summed E-state index contributed by atoms with van der Waals surface area (Å²) in [5, 5.41) is 0. The molecule has 1 saturated carbocycles. The number of carbonyl (C=O) groups excluding carboxylic acids is 1. The van der Waals surface area contributed by atoms with Gasteiger partial charge in [-0.25, -0.2) is 8.78 Å². The molecular formula is C17H19F2NO. The molecule has 2 nitrogen and oxygen atoms in total. The maximum absolute atomic E-state index is 13.8. The molecule has 2 atom stereocenters. The average Bonchev–Trinajstić information content (AvgIpc) is 2.84. The molecule has 21 heavy (non-hydrogen) atoms. The van der Waals surface area contributed by atoms with Gasteiger partial charge in [-0.3, -0.25) is 4.79 Å². The van der Waals surface area contributed by atoms with Gasteiger partial charge in [-0.1, -0.05) is 30.7 Å². The van der Waals surface area contributed by atoms with Crippen LogP contribution in [0, 0.1) is 11.8 Å². The number of halogens is 2. The smallest absolute Gasteiger partial charge is 0.273 e. The molecule has 0 bridgehead atoms. The first-order chi connectivity index (χ1) is 10.1. The molecule has 1 heterocycles. The summed E-state index contributed by atoms with van der Waals surface area (Å²) in [5.74, 6) is -3.44. The lowest BCUT2D eigenvalue weighted by molar-refractivity contribution is -0.137. The van der Waals surface area contributed by atoms with Crippen molar-refractivity contribution in [3.8, 4) is 0 Å². The number of carbonyl (C=O) groups is 1. The molecule has 0 radical (unpaired) electrons. The van der Waals surface area contributed by atoms with Gasteiger partial charge < -0.3 is 4.90 Å². The Kier molecular flexibility index (Phi) is 2.85. The molecule has 3 aliphatic rings. The minimum atomic E-state index is -2.65. The summed E-state index contributed by atoms with van der Waals surface area (Å²) in [6.07, 6.45) is 3.63. The van der Waals surface area contributed by atoms with E-state index in [9.17, 15) is 13.6 Å². The van der Waals surface area contributed by atoms with Crippen molar-refractivity contribution in [2.24, 2.45) is 11.8 Å². The van der Waals surface area contributed by atoms with E-state index in [0.29, 0.717) is 25.8 Å². The van der Waals surface area contributed by atoms with Crippen LogP contribution in [0.2, 0.25) is 0 Å². The minimum Gasteiger partial charge on any atom is -0.333 e. The third-order valence-corrected chi connectivity index (χ3v) is 5.34. The number of nitrogens with zero attached hydrogens (tertiary/aromatic N) is 1. The van der Waals surface area contributed by atoms with Crippen LogP contribution in [-0.4, -0.2) is 29.3 Å². The number of likely N-dealkylation sites (tertiary alicyclic amines) is 1. The number of rotatable bonds is 1. The molecular weight excluding hydrogens is 272 g/mol. The van der Waals surface area contributed by atoms with E-state index in [1.54, 1.807) is 0 Å². The lowest BCUT2D eigenvalue weighted by Crippen LogP contribution is -2.41. The zero-order valence-corrected chi connectivity index (χ0v) is 11.9. The fourth-order valence-electron chi connectivity index (χ4n) is 4.15. The van der Waals surface area contributed by atoms with Gasteiger partial charge in [0.05, 0.1) is 5.92 Å². The average molecular weight is 291 g/mol. The highest BCUT2D eigenvalue weighted by Gasteiger charge is 2.71. The van der Waals surface area contributed by atoms with Crippen molar-refractivity contribution < 1.29 is 13.6 Å². The summed E-state index contributed by atoms with van der Waals surface area (Å²) in [5.41, 5.74) is 2.40. The normalized spacial score (nSPS) is 30.5. The van der Waals surface area contributed by atoms with Crippen molar-refractivity contribution in [3.05, 3.63) is 35.4 Å². The number of alkyl halides is 2. The van der Waals surface area contributed by atoms with E-state index in [1.807, 2.05) is 24.3 Å². The molecule has 4 rings (SSSR count). The highest BCUT2D eigenvalue weighted by atomic mass is 19.3. The molecule has 1 saturated heterocycles. The Morgan fingerprint density at radius 3 is 2.48 bits per heavy atom. The molecule has 1 aromatic carbocycles. The van der Waals surface area contributed by atoms with Gasteiger partial charge in [0.15, 0.2) is 0 Å². The van der Waals surface area contributed by atoms with Crippen molar-refractivity contribution in [1.82, 2.24) is 4.90 Å². The molecule has 0 N–H and O–H groups in total. The van der Waals surface area contributed by atoms with Crippen molar-refractivity contribution in [3.63, 3.8) is 0 Å². The molecule has 0 spiro atoms. The van der Waals surface area contributed by atoms with Crippen LogP contribution in [0.15, 0.2) is 24.3 Å². The van der Waals surface area contributed by atoms with Crippen molar-refractivity contribution >= 4 is 5.91 Å². The van der Waals surface area contributed by atoms with Crippen LogP contribution in [0.3, 0.4) is 0 Å². The Balaban J connectivity index is 1.53. The van der Waals surface area contributed by atoms with E-state index >= 15 is 0 Å². The zero-order valence-electron chi connectivity index (χ0n) is 11.9. The van der Waals surface area contributed by atoms with E-state index in [-0.39, 0.29) is 11.8 Å². The van der Waals surface area contributed by atoms with Crippen LogP contribution < -0.4 is 0 Å². The van der Waals surface area contributed by atoms with E-state index in [1.165, 1.54) is 16.0 Å². The molecule has 0 aromatic heterocycles. The molecule has 2 fully saturated rings. The second-order valence-electron chi connectivity index (χ2n) is 6.63. The van der Waals surface area contributed by atoms with E-state index in [0.717, 1.165) is 12.8 Å². The quantitative estimate of drug-likeness (QED) is 0.779. The molecule has 4 heteroatoms. The summed E-state index contributed by atoms with van der Waals surface area (Å²) < 4.78 is 27.7. The van der Waals surface area contributed by atoms with Gasteiger partial charge in [0.1, 0.15) is 6.04 Å². The predicted octanol–water partition coefficient (Wildman–Crippen LogP) is 3.05. The summed E-state index contributed by atoms with van der Waals surface area (Å²) in [4.78, 5) is 14.2. The number of hydrogen-bond acceptors (Lipinski definition) is 1. The molecule has 2 unspecified atom stereocenters. The van der Waals surface area contributed by atoms with Gasteiger partial charge in [-0.2, -0.15) is 0 Å². The lowest BCUT2D eigenvalue weighted by Gasteiger charge is -2.25. The van der Waals surface area contributed by atoms with Crippen molar-refractivity contribution in [2.45, 2.75) is 44.1 Å². The Labute approximate surface area is 123 Å². The number of hydrogen-bond donors (Lipinski definition) is 0. The fourth-order valence-corrected chi connectivity index (χ4v) is 4.15. The molecule has 112 valence electrons. The zero-order chi connectivity index (χ0) is 14.6. The maximum atomic E-state index is 13.8. The van der Waals surface area contributed by atoms with E-state index < -0.39 is 17.9 Å². The highest BCUT2D eigenvalue weighted by Crippen LogP contribution is 2.56. The van der Waals surface area contributed by atoms with Gasteiger partial charge in [0.25, 0.3) is 5.92 Å². The Bertz CT molecular complexity index is 561. The standard InChI is InChI=1S/C17H19F2NO/c18-17(19)14-7-3-4-8-20(15(14)17)16(21)13-9-11-5-1-2-6-12(11)10-13/h1-2,5-6,13-15H,3-4,7-10H2. The molecule has 1 aromatic rings. The number of amides is 1. The topological polar surface area (TPSA) is 20.3 Å². The van der Waals surface area contributed by atoms with Gasteiger partial charge >= 0.3 is 0 Å². The molecule has 1 amide bonds. The van der Waals surface area contributed by atoms with E-state index in [4.69, 9.17) is 0 Å². The minimum absolute atomic E-state index is 0.0553. The third kappa shape index (κ3) is 1.99. The Morgan fingerprint density at radius 1 is 1.14 bits per heavy atom. The fraction of sp³-hybridized carbons (Fsp3) is 0.588. The largest absolute Gasteiger partial charge is 0.333 e. The summed E-state index contributed by atoms with van der Waals surface area (Å²) in [7, 11) is 0. The van der Waals surface area contributed by atoms with Crippen LogP contribution >= 0.6 is 0 Å². The third-order valence-electron chi connectivity index (χ3n) is 5.34. The molecule has 2 aliphatic carbocycles. The first-order valence-corrected chi connectivity index (χ1v) is 7.84. The van der Waals surface area contributed by atoms with Crippen LogP contribution in [0.25, 0.3) is 0 Å². The number of fused-ring (bicyclic) bond motifs is 2. The van der Waals surface area contributed by atoms with Gasteiger partial charge in [-0.05, 0) is 36.8 Å². The van der Waals surface area contributed by atoms with Crippen LogP contribution in [-0.2, 0) is 17.6 Å². The van der Waals surface area contributed by atoms with Gasteiger partial charge in [-0.15, -0.1) is 0 Å². The lowest BCUT2D eigenvalue weighted by atomic mass is 10.0. The Hall–Kier alpha value is -1.45. The second-order valence-corrected chi connectivity index (χ2v) is 6.63. The first-order valence-electron chi connectivity index (χ1n) is 7.84. The highest BCUT2D eigenvalue weighted by molar-refractivity contribution is 5.81. The van der Waals surface area contributed by atoms with Crippen LogP contribution in [0.5, 0.6) is 0 Å². The predicted molar refractivity (Wildman–Crippen MR) is 75.1 cm³/mol. The summed E-state index contributed by atoms with van der Waals surface area (Å²) in [6.45, 7) is 0.502. The van der Waals surface area contributed by atoms with Crippen LogP contribution in [0.1, 0.15) is 30.4 Å².